The molecule has 0 spiro atoms. The molecule has 0 bridgehead atoms. The van der Waals surface area contributed by atoms with Crippen LogP contribution in [-0.4, -0.2) is 4.98 Å². The quantitative estimate of drug-likeness (QED) is 0.627. The van der Waals surface area contributed by atoms with Gasteiger partial charge in [-0.15, -0.1) is 0 Å². The first kappa shape index (κ1) is 10.2. The standard InChI is InChI=1S/C12H19N/c1-3-4-5-6-7-12-10-13-9-8-11(12)2/h8-10H,3-7H2,1-2H3. The molecule has 0 N–H and O–H groups in total. The Balaban J connectivity index is 2.32. The summed E-state index contributed by atoms with van der Waals surface area (Å²) in [4.78, 5) is 4.14. The second-order valence-corrected chi connectivity index (χ2v) is 3.61. The maximum absolute atomic E-state index is 4.14. The van der Waals surface area contributed by atoms with Gasteiger partial charge in [-0.05, 0) is 37.0 Å². The molecule has 0 atom stereocenters. The topological polar surface area (TPSA) is 12.9 Å². The van der Waals surface area contributed by atoms with E-state index in [1.165, 1.54) is 43.2 Å². The fraction of sp³-hybridized carbons (Fsp3) is 0.583. The van der Waals surface area contributed by atoms with Gasteiger partial charge < -0.3 is 0 Å². The predicted octanol–water partition coefficient (Wildman–Crippen LogP) is 3.51. The third-order valence-corrected chi connectivity index (χ3v) is 2.45. The van der Waals surface area contributed by atoms with Crippen LogP contribution in [0.1, 0.15) is 43.7 Å². The van der Waals surface area contributed by atoms with Crippen molar-refractivity contribution in [2.24, 2.45) is 0 Å². The maximum atomic E-state index is 4.14. The third-order valence-electron chi connectivity index (χ3n) is 2.45. The highest BCUT2D eigenvalue weighted by molar-refractivity contribution is 5.21. The van der Waals surface area contributed by atoms with Gasteiger partial charge >= 0.3 is 0 Å². The van der Waals surface area contributed by atoms with Gasteiger partial charge in [0, 0.05) is 12.4 Å². The summed E-state index contributed by atoms with van der Waals surface area (Å²) in [6.07, 6.45) is 10.4. The van der Waals surface area contributed by atoms with Crippen LogP contribution in [0.5, 0.6) is 0 Å². The zero-order chi connectivity index (χ0) is 9.52. The second kappa shape index (κ2) is 5.74. The lowest BCUT2D eigenvalue weighted by atomic mass is 10.0. The van der Waals surface area contributed by atoms with Crippen molar-refractivity contribution in [1.29, 1.82) is 0 Å². The average Bonchev–Trinajstić information content (AvgIpc) is 2.15. The van der Waals surface area contributed by atoms with Crippen molar-refractivity contribution < 1.29 is 0 Å². The summed E-state index contributed by atoms with van der Waals surface area (Å²) < 4.78 is 0. The molecular weight excluding hydrogens is 158 g/mol. The average molecular weight is 177 g/mol. The molecule has 1 aromatic heterocycles. The highest BCUT2D eigenvalue weighted by Gasteiger charge is 1.96. The molecule has 0 radical (unpaired) electrons. The molecule has 0 saturated heterocycles. The summed E-state index contributed by atoms with van der Waals surface area (Å²) >= 11 is 0. The van der Waals surface area contributed by atoms with Crippen LogP contribution in [0.2, 0.25) is 0 Å². The molecule has 1 aromatic rings. The van der Waals surface area contributed by atoms with E-state index in [1.807, 2.05) is 12.4 Å². The Kier molecular flexibility index (Phi) is 4.52. The molecule has 1 heterocycles. The monoisotopic (exact) mass is 177 g/mol. The van der Waals surface area contributed by atoms with Crippen LogP contribution in [0, 0.1) is 6.92 Å². The minimum absolute atomic E-state index is 1.19. The van der Waals surface area contributed by atoms with Crippen molar-refractivity contribution in [2.45, 2.75) is 46.0 Å². The first-order valence-corrected chi connectivity index (χ1v) is 5.24. The van der Waals surface area contributed by atoms with Crippen LogP contribution >= 0.6 is 0 Å². The summed E-state index contributed by atoms with van der Waals surface area (Å²) in [5.74, 6) is 0. The second-order valence-electron chi connectivity index (χ2n) is 3.61. The van der Waals surface area contributed by atoms with E-state index in [9.17, 15) is 0 Å². The Bertz CT molecular complexity index is 243. The molecule has 0 amide bonds. The number of aryl methyl sites for hydroxylation is 2. The van der Waals surface area contributed by atoms with Crippen molar-refractivity contribution in [3.63, 3.8) is 0 Å². The third kappa shape index (κ3) is 3.58. The molecule has 0 aliphatic carbocycles. The van der Waals surface area contributed by atoms with Crippen LogP contribution in [0.4, 0.5) is 0 Å². The normalized spacial score (nSPS) is 10.3. The molecular formula is C12H19N. The SMILES string of the molecule is CCCCCCc1cnccc1C. The smallest absolute Gasteiger partial charge is 0.0302 e. The van der Waals surface area contributed by atoms with E-state index in [2.05, 4.69) is 24.9 Å². The van der Waals surface area contributed by atoms with E-state index in [0.29, 0.717) is 0 Å². The van der Waals surface area contributed by atoms with Crippen molar-refractivity contribution in [1.82, 2.24) is 4.98 Å². The Morgan fingerprint density at radius 2 is 2.08 bits per heavy atom. The Morgan fingerprint density at radius 1 is 1.23 bits per heavy atom. The molecule has 0 aromatic carbocycles. The van der Waals surface area contributed by atoms with Gasteiger partial charge in [-0.1, -0.05) is 26.2 Å². The van der Waals surface area contributed by atoms with Gasteiger partial charge in [0.1, 0.15) is 0 Å². The molecule has 0 aliphatic heterocycles. The first-order valence-electron chi connectivity index (χ1n) is 5.24. The van der Waals surface area contributed by atoms with Crippen molar-refractivity contribution in [3.05, 3.63) is 29.6 Å². The van der Waals surface area contributed by atoms with Crippen LogP contribution in [0.15, 0.2) is 18.5 Å². The highest BCUT2D eigenvalue weighted by atomic mass is 14.6. The zero-order valence-corrected chi connectivity index (χ0v) is 8.71. The minimum Gasteiger partial charge on any atom is -0.264 e. The molecule has 0 aliphatic rings. The van der Waals surface area contributed by atoms with Crippen molar-refractivity contribution >= 4 is 0 Å². The fourth-order valence-corrected chi connectivity index (χ4v) is 1.50. The summed E-state index contributed by atoms with van der Waals surface area (Å²) in [7, 11) is 0. The highest BCUT2D eigenvalue weighted by Crippen LogP contribution is 2.10. The minimum atomic E-state index is 1.19. The van der Waals surface area contributed by atoms with Crippen molar-refractivity contribution in [2.75, 3.05) is 0 Å². The van der Waals surface area contributed by atoms with Crippen LogP contribution < -0.4 is 0 Å². The molecule has 1 nitrogen and oxygen atoms in total. The number of pyridine rings is 1. The summed E-state index contributed by atoms with van der Waals surface area (Å²) in [6.45, 7) is 4.41. The van der Waals surface area contributed by atoms with Gasteiger partial charge in [-0.2, -0.15) is 0 Å². The molecule has 0 fully saturated rings. The Morgan fingerprint density at radius 3 is 2.77 bits per heavy atom. The largest absolute Gasteiger partial charge is 0.264 e. The summed E-state index contributed by atoms with van der Waals surface area (Å²) in [5, 5.41) is 0. The number of aromatic nitrogens is 1. The van der Waals surface area contributed by atoms with Gasteiger partial charge in [-0.3, -0.25) is 4.98 Å². The van der Waals surface area contributed by atoms with Gasteiger partial charge in [0.2, 0.25) is 0 Å². The molecule has 1 heteroatoms. The fourth-order valence-electron chi connectivity index (χ4n) is 1.50. The summed E-state index contributed by atoms with van der Waals surface area (Å²) in [6, 6.07) is 2.09. The van der Waals surface area contributed by atoms with E-state index in [1.54, 1.807) is 0 Å². The first-order chi connectivity index (χ1) is 6.34. The van der Waals surface area contributed by atoms with E-state index >= 15 is 0 Å². The number of rotatable bonds is 5. The lowest BCUT2D eigenvalue weighted by Crippen LogP contribution is -1.90. The van der Waals surface area contributed by atoms with E-state index in [0.717, 1.165) is 0 Å². The predicted molar refractivity (Wildman–Crippen MR) is 56.8 cm³/mol. The molecule has 0 unspecified atom stereocenters. The molecule has 0 saturated carbocycles. The van der Waals surface area contributed by atoms with Crippen LogP contribution in [0.3, 0.4) is 0 Å². The molecule has 72 valence electrons. The van der Waals surface area contributed by atoms with E-state index < -0.39 is 0 Å². The lowest BCUT2D eigenvalue weighted by molar-refractivity contribution is 0.665. The number of nitrogens with zero attached hydrogens (tertiary/aromatic N) is 1. The lowest BCUT2D eigenvalue weighted by Gasteiger charge is -2.03. The number of hydrogen-bond acceptors (Lipinski definition) is 1. The Labute approximate surface area is 81.2 Å². The number of hydrogen-bond donors (Lipinski definition) is 0. The maximum Gasteiger partial charge on any atom is 0.0302 e. The van der Waals surface area contributed by atoms with Crippen LogP contribution in [-0.2, 0) is 6.42 Å². The molecule has 13 heavy (non-hydrogen) atoms. The van der Waals surface area contributed by atoms with Gasteiger partial charge in [0.05, 0.1) is 0 Å². The van der Waals surface area contributed by atoms with E-state index in [-0.39, 0.29) is 0 Å². The summed E-state index contributed by atoms with van der Waals surface area (Å²) in [5.41, 5.74) is 2.80. The van der Waals surface area contributed by atoms with Gasteiger partial charge in [0.15, 0.2) is 0 Å². The van der Waals surface area contributed by atoms with Crippen molar-refractivity contribution in [3.8, 4) is 0 Å². The zero-order valence-electron chi connectivity index (χ0n) is 8.71. The molecule has 1 rings (SSSR count). The van der Waals surface area contributed by atoms with E-state index in [4.69, 9.17) is 0 Å². The Hall–Kier alpha value is -0.850. The van der Waals surface area contributed by atoms with Gasteiger partial charge in [0.25, 0.3) is 0 Å². The number of unbranched alkanes of at least 4 members (excludes halogenated alkanes) is 3. The van der Waals surface area contributed by atoms with Crippen LogP contribution in [0.25, 0.3) is 0 Å². The van der Waals surface area contributed by atoms with Gasteiger partial charge in [-0.25, -0.2) is 0 Å².